The largest absolute Gasteiger partial charge is 0.355 e. The molecule has 0 spiro atoms. The van der Waals surface area contributed by atoms with Crippen LogP contribution in [0.2, 0.25) is 0 Å². The summed E-state index contributed by atoms with van der Waals surface area (Å²) in [5.74, 6) is 0.206. The van der Waals surface area contributed by atoms with Crippen molar-refractivity contribution < 1.29 is 9.59 Å². The van der Waals surface area contributed by atoms with Crippen LogP contribution in [0.25, 0.3) is 0 Å². The third kappa shape index (κ3) is 4.36. The van der Waals surface area contributed by atoms with E-state index >= 15 is 0 Å². The van der Waals surface area contributed by atoms with Crippen LogP contribution >= 0.6 is 0 Å². The topological polar surface area (TPSA) is 58.2 Å². The molecule has 1 fully saturated rings. The molecule has 0 aromatic heterocycles. The summed E-state index contributed by atoms with van der Waals surface area (Å²) in [7, 11) is 0. The standard InChI is InChI=1S/C13H24N2O2/c1-9(2)7-8-14-11(16)13(3,4)12(17)15-10-5-6-10/h9-10H,5-8H2,1-4H3,(H,14,16)(H,15,17). The second kappa shape index (κ2) is 5.52. The zero-order valence-electron chi connectivity index (χ0n) is 11.3. The predicted molar refractivity (Wildman–Crippen MR) is 67.4 cm³/mol. The minimum absolute atomic E-state index is 0.165. The van der Waals surface area contributed by atoms with Crippen LogP contribution in [0.4, 0.5) is 0 Å². The maximum Gasteiger partial charge on any atom is 0.235 e. The summed E-state index contributed by atoms with van der Waals surface area (Å²) in [5, 5.41) is 5.70. The van der Waals surface area contributed by atoms with Crippen LogP contribution in [-0.2, 0) is 9.59 Å². The number of amides is 2. The molecule has 0 aromatic rings. The van der Waals surface area contributed by atoms with Crippen LogP contribution in [-0.4, -0.2) is 24.4 Å². The summed E-state index contributed by atoms with van der Waals surface area (Å²) in [6.45, 7) is 8.20. The van der Waals surface area contributed by atoms with Crippen molar-refractivity contribution in [2.24, 2.45) is 11.3 Å². The van der Waals surface area contributed by atoms with Crippen molar-refractivity contribution in [3.05, 3.63) is 0 Å². The number of rotatable bonds is 6. The quantitative estimate of drug-likeness (QED) is 0.690. The Morgan fingerprint density at radius 2 is 1.82 bits per heavy atom. The van der Waals surface area contributed by atoms with Crippen molar-refractivity contribution >= 4 is 11.8 Å². The van der Waals surface area contributed by atoms with E-state index in [-0.39, 0.29) is 11.8 Å². The molecule has 0 aromatic carbocycles. The van der Waals surface area contributed by atoms with E-state index in [0.717, 1.165) is 19.3 Å². The zero-order valence-corrected chi connectivity index (χ0v) is 11.3. The number of carbonyl (C=O) groups excluding carboxylic acids is 2. The first-order valence-corrected chi connectivity index (χ1v) is 6.43. The summed E-state index contributed by atoms with van der Waals surface area (Å²) >= 11 is 0. The van der Waals surface area contributed by atoms with E-state index in [0.29, 0.717) is 18.5 Å². The van der Waals surface area contributed by atoms with Crippen LogP contribution < -0.4 is 10.6 Å². The fourth-order valence-electron chi connectivity index (χ4n) is 1.39. The first-order valence-electron chi connectivity index (χ1n) is 6.43. The highest BCUT2D eigenvalue weighted by molar-refractivity contribution is 6.04. The van der Waals surface area contributed by atoms with Crippen LogP contribution in [0.1, 0.15) is 47.0 Å². The first-order chi connectivity index (χ1) is 7.84. The molecule has 0 heterocycles. The van der Waals surface area contributed by atoms with Crippen molar-refractivity contribution in [3.8, 4) is 0 Å². The van der Waals surface area contributed by atoms with Crippen molar-refractivity contribution in [1.82, 2.24) is 10.6 Å². The Balaban J connectivity index is 2.38. The minimum Gasteiger partial charge on any atom is -0.355 e. The molecule has 0 radical (unpaired) electrons. The molecule has 0 unspecified atom stereocenters. The van der Waals surface area contributed by atoms with Gasteiger partial charge in [-0.3, -0.25) is 9.59 Å². The Bertz CT molecular complexity index is 294. The molecule has 1 saturated carbocycles. The Morgan fingerprint density at radius 1 is 1.24 bits per heavy atom. The van der Waals surface area contributed by atoms with Crippen molar-refractivity contribution in [2.75, 3.05) is 6.54 Å². The van der Waals surface area contributed by atoms with Gasteiger partial charge in [-0.05, 0) is 39.0 Å². The van der Waals surface area contributed by atoms with Gasteiger partial charge < -0.3 is 10.6 Å². The van der Waals surface area contributed by atoms with Gasteiger partial charge in [-0.25, -0.2) is 0 Å². The molecule has 1 rings (SSSR count). The Kier molecular flexibility index (Phi) is 4.54. The molecule has 2 amide bonds. The predicted octanol–water partition coefficient (Wildman–Crippen LogP) is 1.45. The van der Waals surface area contributed by atoms with E-state index in [4.69, 9.17) is 0 Å². The average molecular weight is 240 g/mol. The molecule has 2 N–H and O–H groups in total. The summed E-state index contributed by atoms with van der Waals surface area (Å²) in [6.07, 6.45) is 3.01. The molecule has 4 nitrogen and oxygen atoms in total. The van der Waals surface area contributed by atoms with Crippen LogP contribution in [0, 0.1) is 11.3 Å². The molecule has 0 atom stereocenters. The van der Waals surface area contributed by atoms with Gasteiger partial charge in [0.25, 0.3) is 0 Å². The third-order valence-corrected chi connectivity index (χ3v) is 3.06. The third-order valence-electron chi connectivity index (χ3n) is 3.06. The number of hydrogen-bond donors (Lipinski definition) is 2. The molecule has 1 aliphatic rings. The smallest absolute Gasteiger partial charge is 0.235 e. The summed E-state index contributed by atoms with van der Waals surface area (Å²) in [6, 6.07) is 0.297. The van der Waals surface area contributed by atoms with E-state index < -0.39 is 5.41 Å². The van der Waals surface area contributed by atoms with E-state index in [1.165, 1.54) is 0 Å². The van der Waals surface area contributed by atoms with Gasteiger partial charge in [0.1, 0.15) is 5.41 Å². The highest BCUT2D eigenvalue weighted by Crippen LogP contribution is 2.22. The van der Waals surface area contributed by atoms with Gasteiger partial charge in [-0.1, -0.05) is 13.8 Å². The van der Waals surface area contributed by atoms with Crippen LogP contribution in [0.3, 0.4) is 0 Å². The van der Waals surface area contributed by atoms with Crippen LogP contribution in [0.15, 0.2) is 0 Å². The van der Waals surface area contributed by atoms with Gasteiger partial charge in [0.15, 0.2) is 0 Å². The highest BCUT2D eigenvalue weighted by atomic mass is 16.2. The SMILES string of the molecule is CC(C)CCNC(=O)C(C)(C)C(=O)NC1CC1. The van der Waals surface area contributed by atoms with Gasteiger partial charge in [0, 0.05) is 12.6 Å². The molecule has 0 bridgehead atoms. The number of nitrogens with one attached hydrogen (secondary N) is 2. The minimum atomic E-state index is -0.973. The fraction of sp³-hybridized carbons (Fsp3) is 0.846. The fourth-order valence-corrected chi connectivity index (χ4v) is 1.39. The Morgan fingerprint density at radius 3 is 2.29 bits per heavy atom. The molecule has 17 heavy (non-hydrogen) atoms. The van der Waals surface area contributed by atoms with Crippen molar-refractivity contribution in [1.29, 1.82) is 0 Å². The lowest BCUT2D eigenvalue weighted by atomic mass is 9.91. The van der Waals surface area contributed by atoms with Crippen molar-refractivity contribution in [2.45, 2.75) is 53.0 Å². The molecule has 98 valence electrons. The van der Waals surface area contributed by atoms with Gasteiger partial charge >= 0.3 is 0 Å². The molecule has 0 saturated heterocycles. The lowest BCUT2D eigenvalue weighted by Crippen LogP contribution is -2.48. The monoisotopic (exact) mass is 240 g/mol. The van der Waals surface area contributed by atoms with Gasteiger partial charge in [0.2, 0.25) is 11.8 Å². The van der Waals surface area contributed by atoms with Crippen molar-refractivity contribution in [3.63, 3.8) is 0 Å². The van der Waals surface area contributed by atoms with Gasteiger partial charge in [0.05, 0.1) is 0 Å². The van der Waals surface area contributed by atoms with E-state index in [1.54, 1.807) is 13.8 Å². The summed E-state index contributed by atoms with van der Waals surface area (Å²) in [4.78, 5) is 23.8. The van der Waals surface area contributed by atoms with Gasteiger partial charge in [-0.15, -0.1) is 0 Å². The molecule has 1 aliphatic carbocycles. The van der Waals surface area contributed by atoms with Crippen LogP contribution in [0.5, 0.6) is 0 Å². The number of carbonyl (C=O) groups is 2. The second-order valence-electron chi connectivity index (χ2n) is 5.81. The summed E-state index contributed by atoms with van der Waals surface area (Å²) < 4.78 is 0. The average Bonchev–Trinajstić information content (AvgIpc) is 3.00. The lowest BCUT2D eigenvalue weighted by Gasteiger charge is -2.22. The first kappa shape index (κ1) is 14.0. The Hall–Kier alpha value is -1.06. The molecule has 4 heteroatoms. The highest BCUT2D eigenvalue weighted by Gasteiger charge is 2.38. The Labute approximate surface area is 104 Å². The molecule has 0 aliphatic heterocycles. The van der Waals surface area contributed by atoms with E-state index in [1.807, 2.05) is 0 Å². The maximum atomic E-state index is 11.9. The molecular formula is C13H24N2O2. The zero-order chi connectivity index (χ0) is 13.1. The normalized spacial score (nSPS) is 15.8. The van der Waals surface area contributed by atoms with E-state index in [2.05, 4.69) is 24.5 Å². The molecular weight excluding hydrogens is 216 g/mol. The van der Waals surface area contributed by atoms with Gasteiger partial charge in [-0.2, -0.15) is 0 Å². The number of hydrogen-bond acceptors (Lipinski definition) is 2. The lowest BCUT2D eigenvalue weighted by molar-refractivity contribution is -0.141. The van der Waals surface area contributed by atoms with E-state index in [9.17, 15) is 9.59 Å². The second-order valence-corrected chi connectivity index (χ2v) is 5.81. The summed E-state index contributed by atoms with van der Waals surface area (Å²) in [5.41, 5.74) is -0.973. The maximum absolute atomic E-state index is 11.9.